The molecule has 0 radical (unpaired) electrons. The van der Waals surface area contributed by atoms with E-state index in [-0.39, 0.29) is 0 Å². The third-order valence-corrected chi connectivity index (χ3v) is 5.99. The lowest BCUT2D eigenvalue weighted by molar-refractivity contribution is 1.07. The van der Waals surface area contributed by atoms with E-state index in [0.29, 0.717) is 5.92 Å². The molecule has 3 heterocycles. The molecule has 3 heteroatoms. The summed E-state index contributed by atoms with van der Waals surface area (Å²) in [7, 11) is 0. The van der Waals surface area contributed by atoms with E-state index >= 15 is 0 Å². The number of thiophene rings is 3. The van der Waals surface area contributed by atoms with Gasteiger partial charge < -0.3 is 0 Å². The Balaban J connectivity index is 2.09. The van der Waals surface area contributed by atoms with E-state index in [4.69, 9.17) is 0 Å². The maximum absolute atomic E-state index is 2.28. The van der Waals surface area contributed by atoms with E-state index in [1.165, 1.54) is 24.4 Å². The fourth-order valence-electron chi connectivity index (χ4n) is 2.09. The number of hydrogen-bond donors (Lipinski definition) is 0. The first-order valence-corrected chi connectivity index (χ1v) is 8.41. The highest BCUT2D eigenvalue weighted by Crippen LogP contribution is 2.40. The zero-order valence-electron chi connectivity index (χ0n) is 10.3. The fourth-order valence-corrected chi connectivity index (χ4v) is 5.21. The van der Waals surface area contributed by atoms with Crippen molar-refractivity contribution < 1.29 is 0 Å². The minimum absolute atomic E-state index is 0.433. The van der Waals surface area contributed by atoms with Gasteiger partial charge in [0.1, 0.15) is 0 Å². The molecule has 0 aliphatic rings. The summed E-state index contributed by atoms with van der Waals surface area (Å²) in [6.45, 7) is 4.36. The molecular formula is C15H14S3. The number of rotatable bonds is 3. The molecule has 0 saturated carbocycles. The van der Waals surface area contributed by atoms with Gasteiger partial charge >= 0.3 is 0 Å². The highest BCUT2D eigenvalue weighted by molar-refractivity contribution is 7.14. The average molecular weight is 290 g/mol. The first-order valence-electron chi connectivity index (χ1n) is 5.90. The molecule has 3 rings (SSSR count). The van der Waals surface area contributed by atoms with Crippen LogP contribution in [0.4, 0.5) is 0 Å². The van der Waals surface area contributed by atoms with Gasteiger partial charge in [-0.1, -0.05) is 6.07 Å². The minimum Gasteiger partial charge on any atom is -0.148 e. The molecule has 0 saturated heterocycles. The highest BCUT2D eigenvalue weighted by Gasteiger charge is 2.20. The van der Waals surface area contributed by atoms with Crippen molar-refractivity contribution in [3.8, 4) is 0 Å². The first kappa shape index (κ1) is 12.2. The van der Waals surface area contributed by atoms with E-state index in [1.54, 1.807) is 0 Å². The van der Waals surface area contributed by atoms with Crippen LogP contribution in [0.2, 0.25) is 0 Å². The molecule has 0 bridgehead atoms. The molecule has 0 atom stereocenters. The van der Waals surface area contributed by atoms with Gasteiger partial charge in [0.2, 0.25) is 0 Å². The largest absolute Gasteiger partial charge is 0.148 e. The van der Waals surface area contributed by atoms with E-state index in [9.17, 15) is 0 Å². The molecular weight excluding hydrogens is 276 g/mol. The maximum Gasteiger partial charge on any atom is 0.0621 e. The normalized spacial score (nSPS) is 11.3. The maximum atomic E-state index is 2.28. The summed E-state index contributed by atoms with van der Waals surface area (Å²) in [5.41, 5.74) is 0. The molecule has 18 heavy (non-hydrogen) atoms. The van der Waals surface area contributed by atoms with Crippen LogP contribution in [-0.2, 0) is 0 Å². The topological polar surface area (TPSA) is 0 Å². The van der Waals surface area contributed by atoms with E-state index in [0.717, 1.165) is 0 Å². The minimum atomic E-state index is 0.433. The van der Waals surface area contributed by atoms with Crippen molar-refractivity contribution >= 4 is 34.0 Å². The molecule has 0 amide bonds. The molecule has 0 spiro atoms. The van der Waals surface area contributed by atoms with Crippen molar-refractivity contribution in [2.24, 2.45) is 0 Å². The van der Waals surface area contributed by atoms with Gasteiger partial charge in [0.05, 0.1) is 5.92 Å². The van der Waals surface area contributed by atoms with Crippen LogP contribution in [-0.4, -0.2) is 0 Å². The Labute approximate surface area is 120 Å². The predicted octanol–water partition coefficient (Wildman–Crippen LogP) is 5.67. The van der Waals surface area contributed by atoms with E-state index < -0.39 is 0 Å². The Morgan fingerprint density at radius 1 is 0.778 bits per heavy atom. The Bertz CT molecular complexity index is 588. The fraction of sp³-hybridized carbons (Fsp3) is 0.200. The SMILES string of the molecule is Cc1ccc(C(c2cccs2)c2ccc(C)s2)s1. The summed E-state index contributed by atoms with van der Waals surface area (Å²) in [5.74, 6) is 0.433. The predicted molar refractivity (Wildman–Crippen MR) is 83.4 cm³/mol. The monoisotopic (exact) mass is 290 g/mol. The van der Waals surface area contributed by atoms with Gasteiger partial charge in [-0.25, -0.2) is 0 Å². The lowest BCUT2D eigenvalue weighted by atomic mass is 10.0. The van der Waals surface area contributed by atoms with Crippen LogP contribution in [0, 0.1) is 13.8 Å². The van der Waals surface area contributed by atoms with Crippen LogP contribution in [0.1, 0.15) is 30.3 Å². The molecule has 0 aliphatic heterocycles. The Morgan fingerprint density at radius 3 is 1.78 bits per heavy atom. The Hall–Kier alpha value is -0.900. The molecule has 3 aromatic rings. The quantitative estimate of drug-likeness (QED) is 0.583. The van der Waals surface area contributed by atoms with Crippen molar-refractivity contribution in [3.63, 3.8) is 0 Å². The molecule has 0 unspecified atom stereocenters. The standard InChI is InChI=1S/C15H14S3/c1-10-5-7-13(17-10)15(12-4-3-9-16-12)14-8-6-11(2)18-14/h3-9,15H,1-2H3. The molecule has 0 N–H and O–H groups in total. The third kappa shape index (κ3) is 2.30. The van der Waals surface area contributed by atoms with Gasteiger partial charge in [0.15, 0.2) is 0 Å². The number of hydrogen-bond acceptors (Lipinski definition) is 3. The summed E-state index contributed by atoms with van der Waals surface area (Å²) < 4.78 is 0. The first-order chi connectivity index (χ1) is 8.74. The lowest BCUT2D eigenvalue weighted by Gasteiger charge is -2.11. The second kappa shape index (κ2) is 5.00. The number of aryl methyl sites for hydroxylation is 2. The molecule has 3 aromatic heterocycles. The van der Waals surface area contributed by atoms with Crippen molar-refractivity contribution in [3.05, 3.63) is 66.2 Å². The van der Waals surface area contributed by atoms with Gasteiger partial charge in [-0.3, -0.25) is 0 Å². The van der Waals surface area contributed by atoms with Gasteiger partial charge in [-0.2, -0.15) is 0 Å². The average Bonchev–Trinajstić information content (AvgIpc) is 3.04. The van der Waals surface area contributed by atoms with Crippen LogP contribution in [0.3, 0.4) is 0 Å². The Morgan fingerprint density at radius 2 is 1.39 bits per heavy atom. The van der Waals surface area contributed by atoms with Gasteiger partial charge in [0, 0.05) is 24.4 Å². The third-order valence-electron chi connectivity index (χ3n) is 2.92. The summed E-state index contributed by atoms with van der Waals surface area (Å²) in [6.07, 6.45) is 0. The summed E-state index contributed by atoms with van der Waals surface area (Å²) in [6, 6.07) is 13.4. The summed E-state index contributed by atoms with van der Waals surface area (Å²) in [5, 5.41) is 2.17. The molecule has 0 fully saturated rings. The highest BCUT2D eigenvalue weighted by atomic mass is 32.1. The summed E-state index contributed by atoms with van der Waals surface area (Å²) in [4.78, 5) is 7.13. The smallest absolute Gasteiger partial charge is 0.0621 e. The van der Waals surface area contributed by atoms with Crippen LogP contribution < -0.4 is 0 Å². The van der Waals surface area contributed by atoms with Crippen LogP contribution in [0.15, 0.2) is 41.8 Å². The summed E-state index contributed by atoms with van der Waals surface area (Å²) >= 11 is 5.68. The zero-order chi connectivity index (χ0) is 12.5. The molecule has 0 aliphatic carbocycles. The van der Waals surface area contributed by atoms with E-state index in [1.807, 2.05) is 34.0 Å². The van der Waals surface area contributed by atoms with Crippen LogP contribution in [0.25, 0.3) is 0 Å². The van der Waals surface area contributed by atoms with Gasteiger partial charge in [0.25, 0.3) is 0 Å². The van der Waals surface area contributed by atoms with Crippen molar-refractivity contribution in [2.75, 3.05) is 0 Å². The molecule has 92 valence electrons. The van der Waals surface area contributed by atoms with Gasteiger partial charge in [-0.15, -0.1) is 34.0 Å². The van der Waals surface area contributed by atoms with Gasteiger partial charge in [-0.05, 0) is 49.6 Å². The van der Waals surface area contributed by atoms with E-state index in [2.05, 4.69) is 55.6 Å². The molecule has 0 aromatic carbocycles. The second-order valence-corrected chi connectivity index (χ2v) is 7.96. The van der Waals surface area contributed by atoms with Crippen molar-refractivity contribution in [1.29, 1.82) is 0 Å². The van der Waals surface area contributed by atoms with Crippen molar-refractivity contribution in [1.82, 2.24) is 0 Å². The molecule has 0 nitrogen and oxygen atoms in total. The van der Waals surface area contributed by atoms with Crippen LogP contribution >= 0.6 is 34.0 Å². The Kier molecular flexibility index (Phi) is 3.37. The van der Waals surface area contributed by atoms with Crippen molar-refractivity contribution in [2.45, 2.75) is 19.8 Å². The lowest BCUT2D eigenvalue weighted by Crippen LogP contribution is -1.95. The second-order valence-electron chi connectivity index (χ2n) is 4.35. The van der Waals surface area contributed by atoms with Crippen LogP contribution in [0.5, 0.6) is 0 Å². The zero-order valence-corrected chi connectivity index (χ0v) is 12.8.